The van der Waals surface area contributed by atoms with Gasteiger partial charge in [-0.1, -0.05) is 11.2 Å². The van der Waals surface area contributed by atoms with Crippen LogP contribution in [0, 0.1) is 0 Å². The molecule has 0 aliphatic carbocycles. The van der Waals surface area contributed by atoms with Crippen molar-refractivity contribution in [3.05, 3.63) is 41.7 Å². The van der Waals surface area contributed by atoms with Gasteiger partial charge in [-0.2, -0.15) is 13.2 Å². The van der Waals surface area contributed by atoms with Crippen LogP contribution in [0.15, 0.2) is 35.0 Å². The number of carbonyl (C=O) groups is 1. The number of nitrogens with zero attached hydrogens (tertiary/aromatic N) is 1. The minimum Gasteiger partial charge on any atom is -0.476 e. The number of hydrogen-bond donors (Lipinski definition) is 2. The van der Waals surface area contributed by atoms with Crippen molar-refractivity contribution in [1.82, 2.24) is 10.1 Å². The molecule has 5 nitrogen and oxygen atoms in total. The molecule has 2 heterocycles. The lowest BCUT2D eigenvalue weighted by molar-refractivity contribution is -0.136. The van der Waals surface area contributed by atoms with Crippen molar-refractivity contribution in [2.45, 2.75) is 6.18 Å². The average molecular weight is 296 g/mol. The van der Waals surface area contributed by atoms with Gasteiger partial charge in [0.2, 0.25) is 0 Å². The summed E-state index contributed by atoms with van der Waals surface area (Å²) in [6.07, 6.45) is -3.21. The summed E-state index contributed by atoms with van der Waals surface area (Å²) in [6.45, 7) is 0. The van der Waals surface area contributed by atoms with Gasteiger partial charge in [0.1, 0.15) is 0 Å². The summed E-state index contributed by atoms with van der Waals surface area (Å²) < 4.78 is 44.0. The summed E-state index contributed by atoms with van der Waals surface area (Å²) >= 11 is 0. The summed E-state index contributed by atoms with van der Waals surface area (Å²) in [5, 5.41) is 12.0. The molecule has 2 aromatic heterocycles. The van der Waals surface area contributed by atoms with E-state index in [0.29, 0.717) is 0 Å². The number of carboxylic acids is 1. The first-order chi connectivity index (χ1) is 9.88. The Morgan fingerprint density at radius 1 is 1.33 bits per heavy atom. The quantitative estimate of drug-likeness (QED) is 0.758. The van der Waals surface area contributed by atoms with Crippen LogP contribution in [0.3, 0.4) is 0 Å². The van der Waals surface area contributed by atoms with Gasteiger partial charge in [0.05, 0.1) is 5.56 Å². The van der Waals surface area contributed by atoms with Gasteiger partial charge in [-0.3, -0.25) is 0 Å². The number of aromatic amines is 1. The lowest BCUT2D eigenvalue weighted by atomic mass is 10.0. The molecule has 0 fully saturated rings. The third kappa shape index (κ3) is 2.14. The minimum absolute atomic E-state index is 0.0460. The number of aromatic nitrogens is 2. The number of fused-ring (bicyclic) bond motifs is 1. The Kier molecular flexibility index (Phi) is 2.75. The van der Waals surface area contributed by atoms with Crippen LogP contribution in [0.1, 0.15) is 16.1 Å². The van der Waals surface area contributed by atoms with Crippen molar-refractivity contribution < 1.29 is 27.6 Å². The number of hydrogen-bond acceptors (Lipinski definition) is 3. The molecule has 0 aliphatic rings. The van der Waals surface area contributed by atoms with Crippen LogP contribution < -0.4 is 0 Å². The molecule has 0 bridgehead atoms. The highest BCUT2D eigenvalue weighted by molar-refractivity contribution is 5.98. The number of alkyl halides is 3. The first-order valence-electron chi connectivity index (χ1n) is 5.75. The van der Waals surface area contributed by atoms with E-state index in [1.165, 1.54) is 18.3 Å². The second-order valence-electron chi connectivity index (χ2n) is 4.31. The molecule has 0 radical (unpaired) electrons. The standard InChI is InChI=1S/C13H7F3N2O3/c14-13(15,16)7-2-1-3-8-11(7)6(5-17-8)10-4-9(12(19)20)18-21-10/h1-5,17H,(H,19,20). The van der Waals surface area contributed by atoms with Crippen molar-refractivity contribution in [1.29, 1.82) is 0 Å². The van der Waals surface area contributed by atoms with E-state index in [9.17, 15) is 18.0 Å². The SMILES string of the molecule is O=C(O)c1cc(-c2c[nH]c3cccc(C(F)(F)F)c23)on1. The Hall–Kier alpha value is -2.77. The number of nitrogens with one attached hydrogen (secondary N) is 1. The number of benzene rings is 1. The molecule has 1 aromatic carbocycles. The summed E-state index contributed by atoms with van der Waals surface area (Å²) in [4.78, 5) is 13.5. The molecule has 108 valence electrons. The van der Waals surface area contributed by atoms with E-state index in [1.807, 2.05) is 0 Å². The van der Waals surface area contributed by atoms with E-state index in [4.69, 9.17) is 9.63 Å². The Morgan fingerprint density at radius 3 is 2.71 bits per heavy atom. The molecule has 0 aliphatic heterocycles. The zero-order chi connectivity index (χ0) is 15.2. The summed E-state index contributed by atoms with van der Waals surface area (Å²) in [6, 6.07) is 4.81. The van der Waals surface area contributed by atoms with Crippen molar-refractivity contribution in [3.63, 3.8) is 0 Å². The van der Waals surface area contributed by atoms with Gasteiger partial charge in [0.15, 0.2) is 11.5 Å². The van der Waals surface area contributed by atoms with E-state index in [1.54, 1.807) is 0 Å². The third-order valence-corrected chi connectivity index (χ3v) is 3.01. The molecule has 0 spiro atoms. The smallest absolute Gasteiger partial charge is 0.417 e. The zero-order valence-electron chi connectivity index (χ0n) is 10.2. The molecule has 0 saturated carbocycles. The van der Waals surface area contributed by atoms with E-state index in [0.717, 1.165) is 12.1 Å². The molecule has 0 saturated heterocycles. The number of rotatable bonds is 2. The highest BCUT2D eigenvalue weighted by Crippen LogP contribution is 2.39. The molecular weight excluding hydrogens is 289 g/mol. The summed E-state index contributed by atoms with van der Waals surface area (Å²) in [7, 11) is 0. The molecule has 2 N–H and O–H groups in total. The zero-order valence-corrected chi connectivity index (χ0v) is 10.2. The average Bonchev–Trinajstić information content (AvgIpc) is 3.03. The Bertz CT molecular complexity index is 833. The van der Waals surface area contributed by atoms with Crippen molar-refractivity contribution in [2.24, 2.45) is 0 Å². The third-order valence-electron chi connectivity index (χ3n) is 3.01. The van der Waals surface area contributed by atoms with Gasteiger partial charge in [0, 0.05) is 28.7 Å². The van der Waals surface area contributed by atoms with Gasteiger partial charge < -0.3 is 14.6 Å². The first kappa shape index (κ1) is 13.2. The van der Waals surface area contributed by atoms with Crippen LogP contribution in [-0.2, 0) is 6.18 Å². The first-order valence-corrected chi connectivity index (χ1v) is 5.75. The Balaban J connectivity index is 2.25. The van der Waals surface area contributed by atoms with Crippen molar-refractivity contribution in [2.75, 3.05) is 0 Å². The molecule has 0 unspecified atom stereocenters. The maximum Gasteiger partial charge on any atom is 0.417 e. The lowest BCUT2D eigenvalue weighted by Gasteiger charge is -2.08. The minimum atomic E-state index is -4.54. The Morgan fingerprint density at radius 2 is 2.10 bits per heavy atom. The van der Waals surface area contributed by atoms with Crippen LogP contribution in [0.25, 0.3) is 22.2 Å². The van der Waals surface area contributed by atoms with E-state index in [2.05, 4.69) is 10.1 Å². The largest absolute Gasteiger partial charge is 0.476 e. The number of halogens is 3. The van der Waals surface area contributed by atoms with E-state index in [-0.39, 0.29) is 27.9 Å². The second-order valence-corrected chi connectivity index (χ2v) is 4.31. The van der Waals surface area contributed by atoms with Gasteiger partial charge >= 0.3 is 12.1 Å². The maximum atomic E-state index is 13.1. The molecule has 0 amide bonds. The van der Waals surface area contributed by atoms with Crippen molar-refractivity contribution >= 4 is 16.9 Å². The van der Waals surface area contributed by atoms with Crippen LogP contribution in [0.2, 0.25) is 0 Å². The van der Waals surface area contributed by atoms with Crippen molar-refractivity contribution in [3.8, 4) is 11.3 Å². The number of aromatic carboxylic acids is 1. The fourth-order valence-electron chi connectivity index (χ4n) is 2.12. The molecule has 21 heavy (non-hydrogen) atoms. The van der Waals surface area contributed by atoms with Crippen LogP contribution >= 0.6 is 0 Å². The highest BCUT2D eigenvalue weighted by Gasteiger charge is 2.34. The predicted molar refractivity (Wildman–Crippen MR) is 65.8 cm³/mol. The topological polar surface area (TPSA) is 79.1 Å². The Labute approximate surface area is 115 Å². The summed E-state index contributed by atoms with van der Waals surface area (Å²) in [5.74, 6) is -1.36. The van der Waals surface area contributed by atoms with E-state index >= 15 is 0 Å². The fourth-order valence-corrected chi connectivity index (χ4v) is 2.12. The highest BCUT2D eigenvalue weighted by atomic mass is 19.4. The van der Waals surface area contributed by atoms with Crippen LogP contribution in [0.4, 0.5) is 13.2 Å². The van der Waals surface area contributed by atoms with Crippen LogP contribution in [-0.4, -0.2) is 21.2 Å². The maximum absolute atomic E-state index is 13.1. The predicted octanol–water partition coefficient (Wildman–Crippen LogP) is 3.54. The van der Waals surface area contributed by atoms with Gasteiger partial charge in [-0.25, -0.2) is 4.79 Å². The monoisotopic (exact) mass is 296 g/mol. The fraction of sp³-hybridized carbons (Fsp3) is 0.0769. The number of carboxylic acid groups (broad SMARTS) is 1. The molecular formula is C13H7F3N2O3. The van der Waals surface area contributed by atoms with Gasteiger partial charge in [-0.05, 0) is 12.1 Å². The molecule has 3 aromatic rings. The molecule has 0 atom stereocenters. The van der Waals surface area contributed by atoms with Crippen LogP contribution in [0.5, 0.6) is 0 Å². The lowest BCUT2D eigenvalue weighted by Crippen LogP contribution is -2.05. The number of H-pyrrole nitrogens is 1. The van der Waals surface area contributed by atoms with Gasteiger partial charge in [-0.15, -0.1) is 0 Å². The normalized spacial score (nSPS) is 12.0. The molecule has 3 rings (SSSR count). The summed E-state index contributed by atoms with van der Waals surface area (Å²) in [5.41, 5.74) is -0.820. The second kappa shape index (κ2) is 4.37. The van der Waals surface area contributed by atoms with Gasteiger partial charge in [0.25, 0.3) is 0 Å². The molecule has 8 heteroatoms. The van der Waals surface area contributed by atoms with E-state index < -0.39 is 17.7 Å².